The largest absolute Gasteiger partial charge is 0.491 e. The number of nitrogens with zero attached hydrogens (tertiary/aromatic N) is 2. The van der Waals surface area contributed by atoms with Gasteiger partial charge in [-0.3, -0.25) is 0 Å². The highest BCUT2D eigenvalue weighted by atomic mass is 16.5. The summed E-state index contributed by atoms with van der Waals surface area (Å²) in [4.78, 5) is 15.0. The summed E-state index contributed by atoms with van der Waals surface area (Å²) in [5, 5.41) is 11.1. The first-order valence-electron chi connectivity index (χ1n) is 11.3. The summed E-state index contributed by atoms with van der Waals surface area (Å²) in [7, 11) is 0. The Morgan fingerprint density at radius 2 is 1.75 bits per heavy atom. The highest BCUT2D eigenvalue weighted by Crippen LogP contribution is 2.32. The summed E-state index contributed by atoms with van der Waals surface area (Å²) in [6.07, 6.45) is -0.589. The third kappa shape index (κ3) is 5.14. The molecule has 1 atom stereocenters. The van der Waals surface area contributed by atoms with Crippen molar-refractivity contribution in [3.8, 4) is 11.4 Å². The minimum atomic E-state index is -0.589. The third-order valence-electron chi connectivity index (χ3n) is 5.75. The molecule has 1 unspecified atom stereocenters. The zero-order valence-corrected chi connectivity index (χ0v) is 19.7. The monoisotopic (exact) mass is 438 g/mol. The number of hydrogen-bond acceptors (Lipinski definition) is 5. The van der Waals surface area contributed by atoms with Crippen molar-refractivity contribution >= 4 is 16.9 Å². The number of aromatic nitrogens is 1. The molecule has 0 bridgehead atoms. The van der Waals surface area contributed by atoms with Crippen molar-refractivity contribution in [3.05, 3.63) is 59.3 Å². The standard InChI is InChI=1S/C26H34N2O4/c1-6-27(7-2)16-21(29)17-32-22-13-14-24-23(15-22)25(26(30)31-8-3)19(5)28(24)20-11-9-18(4)10-12-20/h9-15,21,29H,6-8,16-17H2,1-5H3. The molecule has 0 aliphatic heterocycles. The van der Waals surface area contributed by atoms with E-state index in [0.29, 0.717) is 24.5 Å². The molecule has 0 aliphatic carbocycles. The molecule has 0 amide bonds. The molecule has 1 N–H and O–H groups in total. The molecule has 2 aromatic carbocycles. The maximum atomic E-state index is 12.8. The maximum absolute atomic E-state index is 12.8. The van der Waals surface area contributed by atoms with Crippen molar-refractivity contribution in [3.63, 3.8) is 0 Å². The second-order valence-electron chi connectivity index (χ2n) is 7.98. The molecule has 0 saturated heterocycles. The fourth-order valence-corrected chi connectivity index (χ4v) is 4.00. The second-order valence-corrected chi connectivity index (χ2v) is 7.98. The van der Waals surface area contributed by atoms with E-state index in [1.165, 1.54) is 5.56 Å². The third-order valence-corrected chi connectivity index (χ3v) is 5.75. The minimum absolute atomic E-state index is 0.189. The molecule has 3 aromatic rings. The molecule has 172 valence electrons. The summed E-state index contributed by atoms with van der Waals surface area (Å²) in [6.45, 7) is 12.8. The molecular formula is C26H34N2O4. The van der Waals surface area contributed by atoms with Crippen molar-refractivity contribution in [2.45, 2.75) is 40.7 Å². The van der Waals surface area contributed by atoms with Crippen molar-refractivity contribution in [1.82, 2.24) is 9.47 Å². The van der Waals surface area contributed by atoms with Crippen LogP contribution < -0.4 is 4.74 Å². The van der Waals surface area contributed by atoms with E-state index in [-0.39, 0.29) is 12.6 Å². The first kappa shape index (κ1) is 23.8. The number of hydrogen-bond donors (Lipinski definition) is 1. The van der Waals surface area contributed by atoms with E-state index in [1.807, 2.05) is 44.2 Å². The molecule has 32 heavy (non-hydrogen) atoms. The van der Waals surface area contributed by atoms with Gasteiger partial charge in [0.25, 0.3) is 0 Å². The molecule has 0 fully saturated rings. The number of aryl methyl sites for hydroxylation is 1. The van der Waals surface area contributed by atoms with Crippen LogP contribution in [0.3, 0.4) is 0 Å². The highest BCUT2D eigenvalue weighted by Gasteiger charge is 2.22. The maximum Gasteiger partial charge on any atom is 0.340 e. The molecule has 0 radical (unpaired) electrons. The summed E-state index contributed by atoms with van der Waals surface area (Å²) in [6, 6.07) is 13.9. The SMILES string of the molecule is CCOC(=O)c1c(C)n(-c2ccc(C)cc2)c2ccc(OCC(O)CN(CC)CC)cc12. The molecule has 1 aromatic heterocycles. The van der Waals surface area contributed by atoms with E-state index in [4.69, 9.17) is 9.47 Å². The smallest absolute Gasteiger partial charge is 0.340 e. The molecular weight excluding hydrogens is 404 g/mol. The van der Waals surface area contributed by atoms with Crippen molar-refractivity contribution in [1.29, 1.82) is 0 Å². The van der Waals surface area contributed by atoms with Crippen LogP contribution in [-0.4, -0.2) is 59.5 Å². The van der Waals surface area contributed by atoms with Crippen LogP contribution in [0.5, 0.6) is 5.75 Å². The summed E-state index contributed by atoms with van der Waals surface area (Å²) in [5.74, 6) is 0.266. The number of fused-ring (bicyclic) bond motifs is 1. The predicted octanol–water partition coefficient (Wildman–Crippen LogP) is 4.51. The molecule has 0 aliphatic rings. The van der Waals surface area contributed by atoms with Crippen LogP contribution in [0.4, 0.5) is 0 Å². The normalized spacial score (nSPS) is 12.3. The summed E-state index contributed by atoms with van der Waals surface area (Å²) >= 11 is 0. The minimum Gasteiger partial charge on any atom is -0.491 e. The molecule has 6 heteroatoms. The van der Waals surface area contributed by atoms with Gasteiger partial charge in [-0.25, -0.2) is 4.79 Å². The number of benzene rings is 2. The number of carbonyl (C=O) groups excluding carboxylic acids is 1. The van der Waals surface area contributed by atoms with Crippen LogP contribution in [0.25, 0.3) is 16.6 Å². The predicted molar refractivity (Wildman–Crippen MR) is 128 cm³/mol. The van der Waals surface area contributed by atoms with E-state index >= 15 is 0 Å². The van der Waals surface area contributed by atoms with Gasteiger partial charge in [0.1, 0.15) is 18.5 Å². The van der Waals surface area contributed by atoms with Crippen LogP contribution in [0.2, 0.25) is 0 Å². The van der Waals surface area contributed by atoms with E-state index in [9.17, 15) is 9.90 Å². The Balaban J connectivity index is 1.97. The summed E-state index contributed by atoms with van der Waals surface area (Å²) < 4.78 is 13.3. The van der Waals surface area contributed by atoms with Crippen LogP contribution >= 0.6 is 0 Å². The lowest BCUT2D eigenvalue weighted by molar-refractivity contribution is 0.0527. The Morgan fingerprint density at radius 1 is 1.06 bits per heavy atom. The number of carbonyl (C=O) groups is 1. The molecule has 6 nitrogen and oxygen atoms in total. The molecule has 3 rings (SSSR count). The zero-order chi connectivity index (χ0) is 23.3. The molecule has 1 heterocycles. The van der Waals surface area contributed by atoms with E-state index < -0.39 is 6.10 Å². The Hall–Kier alpha value is -2.83. The number of likely N-dealkylation sites (N-methyl/N-ethyl adjacent to an activating group) is 1. The number of esters is 1. The van der Waals surface area contributed by atoms with Crippen LogP contribution in [0.15, 0.2) is 42.5 Å². The lowest BCUT2D eigenvalue weighted by atomic mass is 10.1. The van der Waals surface area contributed by atoms with Gasteiger partial charge in [0.2, 0.25) is 0 Å². The van der Waals surface area contributed by atoms with Crippen molar-refractivity contribution in [2.24, 2.45) is 0 Å². The fraction of sp³-hybridized carbons (Fsp3) is 0.423. The van der Waals surface area contributed by atoms with Gasteiger partial charge in [0, 0.05) is 23.3 Å². The number of aliphatic hydroxyl groups is 1. The zero-order valence-electron chi connectivity index (χ0n) is 19.7. The van der Waals surface area contributed by atoms with Gasteiger partial charge >= 0.3 is 5.97 Å². The average molecular weight is 439 g/mol. The summed E-state index contributed by atoms with van der Waals surface area (Å²) in [5.41, 5.74) is 4.42. The van der Waals surface area contributed by atoms with Gasteiger partial charge in [-0.05, 0) is 64.2 Å². The molecule has 0 saturated carbocycles. The number of aliphatic hydroxyl groups excluding tert-OH is 1. The quantitative estimate of drug-likeness (QED) is 0.472. The number of ether oxygens (including phenoxy) is 2. The van der Waals surface area contributed by atoms with E-state index in [1.54, 1.807) is 6.92 Å². The van der Waals surface area contributed by atoms with E-state index in [0.717, 1.165) is 35.4 Å². The van der Waals surface area contributed by atoms with Gasteiger partial charge in [-0.2, -0.15) is 0 Å². The first-order chi connectivity index (χ1) is 15.4. The van der Waals surface area contributed by atoms with Gasteiger partial charge in [-0.15, -0.1) is 0 Å². The Kier molecular flexibility index (Phi) is 7.94. The Bertz CT molecular complexity index is 1050. The molecule has 0 spiro atoms. The average Bonchev–Trinajstić information content (AvgIpc) is 3.07. The first-order valence-corrected chi connectivity index (χ1v) is 11.3. The fourth-order valence-electron chi connectivity index (χ4n) is 4.00. The van der Waals surface area contributed by atoms with Crippen LogP contribution in [-0.2, 0) is 4.74 Å². The van der Waals surface area contributed by atoms with Crippen LogP contribution in [0, 0.1) is 13.8 Å². The van der Waals surface area contributed by atoms with Crippen molar-refractivity contribution in [2.75, 3.05) is 32.8 Å². The van der Waals surface area contributed by atoms with Gasteiger partial charge in [0.15, 0.2) is 0 Å². The van der Waals surface area contributed by atoms with Crippen molar-refractivity contribution < 1.29 is 19.4 Å². The Labute approximate surface area is 190 Å². The lowest BCUT2D eigenvalue weighted by Crippen LogP contribution is -2.35. The van der Waals surface area contributed by atoms with Gasteiger partial charge < -0.3 is 24.0 Å². The highest BCUT2D eigenvalue weighted by molar-refractivity contribution is 6.07. The Morgan fingerprint density at radius 3 is 2.38 bits per heavy atom. The van der Waals surface area contributed by atoms with Gasteiger partial charge in [0.05, 0.1) is 17.7 Å². The topological polar surface area (TPSA) is 63.9 Å². The lowest BCUT2D eigenvalue weighted by Gasteiger charge is -2.22. The van der Waals surface area contributed by atoms with Gasteiger partial charge in [-0.1, -0.05) is 31.5 Å². The van der Waals surface area contributed by atoms with Crippen LogP contribution in [0.1, 0.15) is 42.4 Å². The second kappa shape index (κ2) is 10.7. The number of rotatable bonds is 10. The van der Waals surface area contributed by atoms with E-state index in [2.05, 4.69) is 35.4 Å².